The van der Waals surface area contributed by atoms with Crippen molar-refractivity contribution in [2.45, 2.75) is 44.9 Å². The molecule has 1 aliphatic rings. The van der Waals surface area contributed by atoms with Crippen LogP contribution in [-0.4, -0.2) is 13.1 Å². The van der Waals surface area contributed by atoms with E-state index in [0.29, 0.717) is 0 Å². The number of hydrogen-bond donors (Lipinski definition) is 2. The summed E-state index contributed by atoms with van der Waals surface area (Å²) < 4.78 is 0. The molecule has 1 aliphatic carbocycles. The van der Waals surface area contributed by atoms with Crippen molar-refractivity contribution >= 4 is 0 Å². The molecule has 0 saturated heterocycles. The predicted octanol–water partition coefficient (Wildman–Crippen LogP) is 1.88. The second kappa shape index (κ2) is 6.39. The Hall–Kier alpha value is -0.0800. The Morgan fingerprint density at radius 2 is 1.23 bits per heavy atom. The molecule has 2 atom stereocenters. The molecule has 1 fully saturated rings. The lowest BCUT2D eigenvalue weighted by atomic mass is 9.94. The van der Waals surface area contributed by atoms with Crippen LogP contribution >= 0.6 is 0 Å². The van der Waals surface area contributed by atoms with Crippen molar-refractivity contribution in [2.75, 3.05) is 13.1 Å². The van der Waals surface area contributed by atoms with E-state index in [9.17, 15) is 0 Å². The van der Waals surface area contributed by atoms with Gasteiger partial charge in [0.05, 0.1) is 0 Å². The number of hydrogen-bond acceptors (Lipinski definition) is 2. The first-order valence-electron chi connectivity index (χ1n) is 5.77. The van der Waals surface area contributed by atoms with E-state index in [2.05, 4.69) is 0 Å². The van der Waals surface area contributed by atoms with E-state index in [-0.39, 0.29) is 0 Å². The molecular formula is C11H24N2. The average molecular weight is 184 g/mol. The van der Waals surface area contributed by atoms with Crippen LogP contribution in [0.1, 0.15) is 44.9 Å². The predicted molar refractivity (Wildman–Crippen MR) is 57.4 cm³/mol. The lowest BCUT2D eigenvalue weighted by Gasteiger charge is -2.13. The van der Waals surface area contributed by atoms with Gasteiger partial charge < -0.3 is 11.5 Å². The summed E-state index contributed by atoms with van der Waals surface area (Å²) >= 11 is 0. The fraction of sp³-hybridized carbons (Fsp3) is 1.00. The Morgan fingerprint density at radius 3 is 1.62 bits per heavy atom. The van der Waals surface area contributed by atoms with Gasteiger partial charge in [-0.25, -0.2) is 0 Å². The van der Waals surface area contributed by atoms with Crippen LogP contribution in [0.15, 0.2) is 0 Å². The molecule has 78 valence electrons. The number of rotatable bonds is 4. The third kappa shape index (κ3) is 4.10. The maximum absolute atomic E-state index is 5.58. The highest BCUT2D eigenvalue weighted by molar-refractivity contribution is 4.71. The molecule has 0 aromatic heterocycles. The Labute approximate surface area is 82.1 Å². The monoisotopic (exact) mass is 184 g/mol. The summed E-state index contributed by atoms with van der Waals surface area (Å²) in [6, 6.07) is 0. The van der Waals surface area contributed by atoms with Crippen LogP contribution in [0.5, 0.6) is 0 Å². The minimum absolute atomic E-state index is 0.867. The van der Waals surface area contributed by atoms with Crippen molar-refractivity contribution in [1.82, 2.24) is 0 Å². The Kier molecular flexibility index (Phi) is 5.40. The van der Waals surface area contributed by atoms with Gasteiger partial charge in [0, 0.05) is 0 Å². The summed E-state index contributed by atoms with van der Waals surface area (Å²) in [7, 11) is 0. The van der Waals surface area contributed by atoms with Gasteiger partial charge in [0.1, 0.15) is 0 Å². The first kappa shape index (κ1) is 11.0. The van der Waals surface area contributed by atoms with Crippen molar-refractivity contribution in [3.63, 3.8) is 0 Å². The topological polar surface area (TPSA) is 52.0 Å². The number of nitrogens with two attached hydrogens (primary N) is 2. The van der Waals surface area contributed by atoms with Crippen molar-refractivity contribution in [3.05, 3.63) is 0 Å². The Bertz CT molecular complexity index is 111. The van der Waals surface area contributed by atoms with Crippen LogP contribution in [0.25, 0.3) is 0 Å². The zero-order valence-electron chi connectivity index (χ0n) is 8.67. The minimum atomic E-state index is 0.867. The van der Waals surface area contributed by atoms with Crippen LogP contribution in [0.4, 0.5) is 0 Å². The molecular weight excluding hydrogens is 160 g/mol. The Morgan fingerprint density at radius 1 is 0.769 bits per heavy atom. The molecule has 0 aromatic rings. The molecule has 2 nitrogen and oxygen atoms in total. The van der Waals surface area contributed by atoms with E-state index in [0.717, 1.165) is 24.9 Å². The van der Waals surface area contributed by atoms with E-state index < -0.39 is 0 Å². The van der Waals surface area contributed by atoms with Crippen molar-refractivity contribution in [2.24, 2.45) is 23.3 Å². The van der Waals surface area contributed by atoms with E-state index in [1.807, 2.05) is 0 Å². The minimum Gasteiger partial charge on any atom is -0.330 e. The molecule has 2 unspecified atom stereocenters. The first-order valence-corrected chi connectivity index (χ1v) is 5.77. The zero-order valence-corrected chi connectivity index (χ0v) is 8.67. The third-order valence-corrected chi connectivity index (χ3v) is 3.36. The quantitative estimate of drug-likeness (QED) is 0.655. The lowest BCUT2D eigenvalue weighted by molar-refractivity contribution is 0.404. The summed E-state index contributed by atoms with van der Waals surface area (Å²) in [5, 5.41) is 0. The van der Waals surface area contributed by atoms with Gasteiger partial charge in [0.25, 0.3) is 0 Å². The molecule has 0 bridgehead atoms. The fourth-order valence-corrected chi connectivity index (χ4v) is 2.50. The van der Waals surface area contributed by atoms with E-state index in [1.165, 1.54) is 44.9 Å². The first-order chi connectivity index (χ1) is 6.36. The average Bonchev–Trinajstić information content (AvgIpc) is 2.33. The normalized spacial score (nSPS) is 30.0. The second-order valence-electron chi connectivity index (χ2n) is 4.40. The van der Waals surface area contributed by atoms with Gasteiger partial charge in [-0.3, -0.25) is 0 Å². The summed E-state index contributed by atoms with van der Waals surface area (Å²) in [5.41, 5.74) is 11.2. The van der Waals surface area contributed by atoms with Gasteiger partial charge in [-0.05, 0) is 37.8 Å². The van der Waals surface area contributed by atoms with Crippen LogP contribution in [0.3, 0.4) is 0 Å². The molecule has 0 amide bonds. The summed E-state index contributed by atoms with van der Waals surface area (Å²) in [6.07, 6.45) is 9.44. The molecule has 0 spiro atoms. The largest absolute Gasteiger partial charge is 0.330 e. The molecule has 13 heavy (non-hydrogen) atoms. The highest BCUT2D eigenvalue weighted by atomic mass is 14.5. The van der Waals surface area contributed by atoms with Crippen molar-refractivity contribution in [3.8, 4) is 0 Å². The molecule has 2 heteroatoms. The van der Waals surface area contributed by atoms with Crippen LogP contribution in [-0.2, 0) is 0 Å². The third-order valence-electron chi connectivity index (χ3n) is 3.36. The summed E-state index contributed by atoms with van der Waals surface area (Å²) in [4.78, 5) is 0. The molecule has 1 saturated carbocycles. The highest BCUT2D eigenvalue weighted by Gasteiger charge is 2.17. The van der Waals surface area contributed by atoms with Gasteiger partial charge in [-0.1, -0.05) is 32.1 Å². The zero-order chi connectivity index (χ0) is 9.52. The molecule has 0 radical (unpaired) electrons. The SMILES string of the molecule is NCCC1CCCC(CCN)CC1. The molecule has 0 aromatic carbocycles. The van der Waals surface area contributed by atoms with Gasteiger partial charge in [0.2, 0.25) is 0 Å². The summed E-state index contributed by atoms with van der Waals surface area (Å²) in [6.45, 7) is 1.73. The molecule has 0 heterocycles. The van der Waals surface area contributed by atoms with E-state index >= 15 is 0 Å². The smallest absolute Gasteiger partial charge is 0.00746 e. The van der Waals surface area contributed by atoms with E-state index in [4.69, 9.17) is 11.5 Å². The second-order valence-corrected chi connectivity index (χ2v) is 4.40. The van der Waals surface area contributed by atoms with E-state index in [1.54, 1.807) is 0 Å². The van der Waals surface area contributed by atoms with Gasteiger partial charge >= 0.3 is 0 Å². The van der Waals surface area contributed by atoms with Crippen molar-refractivity contribution < 1.29 is 0 Å². The van der Waals surface area contributed by atoms with Crippen LogP contribution in [0.2, 0.25) is 0 Å². The van der Waals surface area contributed by atoms with Gasteiger partial charge in [-0.2, -0.15) is 0 Å². The fourth-order valence-electron chi connectivity index (χ4n) is 2.50. The molecule has 1 rings (SSSR count). The van der Waals surface area contributed by atoms with Crippen LogP contribution < -0.4 is 11.5 Å². The van der Waals surface area contributed by atoms with Crippen molar-refractivity contribution in [1.29, 1.82) is 0 Å². The Balaban J connectivity index is 2.22. The highest BCUT2D eigenvalue weighted by Crippen LogP contribution is 2.30. The maximum Gasteiger partial charge on any atom is -0.00746 e. The summed E-state index contributed by atoms with van der Waals surface area (Å²) in [5.74, 6) is 1.82. The van der Waals surface area contributed by atoms with Gasteiger partial charge in [0.15, 0.2) is 0 Å². The molecule has 0 aliphatic heterocycles. The van der Waals surface area contributed by atoms with Crippen LogP contribution in [0, 0.1) is 11.8 Å². The van der Waals surface area contributed by atoms with Gasteiger partial charge in [-0.15, -0.1) is 0 Å². The molecule has 4 N–H and O–H groups in total. The standard InChI is InChI=1S/C11H24N2/c12-8-6-10-2-1-3-11(5-4-10)7-9-13/h10-11H,1-9,12-13H2. The maximum atomic E-state index is 5.58. The lowest BCUT2D eigenvalue weighted by Crippen LogP contribution is -2.09.